The standard InChI is InChI=1S/C19H17N3O2/c1-2-9-22-17-8-4-3-7-16(17)20-19(22)14-11-18(23)21(12-14)13-15-6-5-10-24-15/h1,3-8,10,14H,9,11-13H2. The van der Waals surface area contributed by atoms with Crippen LogP contribution in [0, 0.1) is 12.3 Å². The van der Waals surface area contributed by atoms with E-state index in [2.05, 4.69) is 5.92 Å². The number of benzene rings is 1. The van der Waals surface area contributed by atoms with Crippen molar-refractivity contribution in [3.05, 3.63) is 54.2 Å². The summed E-state index contributed by atoms with van der Waals surface area (Å²) in [5.74, 6) is 4.55. The molecule has 1 unspecified atom stereocenters. The number of carbonyl (C=O) groups is 1. The second-order valence-corrected chi connectivity index (χ2v) is 6.00. The molecule has 1 amide bonds. The summed E-state index contributed by atoms with van der Waals surface area (Å²) in [6, 6.07) is 11.6. The van der Waals surface area contributed by atoms with Crippen molar-refractivity contribution in [2.24, 2.45) is 0 Å². The van der Waals surface area contributed by atoms with Crippen LogP contribution in [0.1, 0.15) is 23.9 Å². The average molecular weight is 319 g/mol. The number of likely N-dealkylation sites (tertiary alicyclic amines) is 1. The number of fused-ring (bicyclic) bond motifs is 1. The Labute approximate surface area is 139 Å². The van der Waals surface area contributed by atoms with Gasteiger partial charge in [0.25, 0.3) is 0 Å². The fourth-order valence-electron chi connectivity index (χ4n) is 3.35. The number of hydrogen-bond acceptors (Lipinski definition) is 3. The lowest BCUT2D eigenvalue weighted by atomic mass is 10.1. The van der Waals surface area contributed by atoms with E-state index in [1.165, 1.54) is 0 Å². The molecule has 0 aliphatic carbocycles. The maximum absolute atomic E-state index is 12.4. The first kappa shape index (κ1) is 14.6. The molecule has 0 spiro atoms. The molecule has 5 heteroatoms. The molecule has 0 radical (unpaired) electrons. The quantitative estimate of drug-likeness (QED) is 0.695. The van der Waals surface area contributed by atoms with Crippen molar-refractivity contribution in [3.8, 4) is 12.3 Å². The molecule has 1 aliphatic rings. The van der Waals surface area contributed by atoms with E-state index in [0.29, 0.717) is 26.1 Å². The highest BCUT2D eigenvalue weighted by Gasteiger charge is 2.34. The molecule has 1 aromatic carbocycles. The summed E-state index contributed by atoms with van der Waals surface area (Å²) in [6.45, 7) is 1.59. The normalized spacial score (nSPS) is 17.5. The van der Waals surface area contributed by atoms with Gasteiger partial charge in [-0.15, -0.1) is 6.42 Å². The summed E-state index contributed by atoms with van der Waals surface area (Å²) in [5, 5.41) is 0. The van der Waals surface area contributed by atoms with Crippen LogP contribution in [-0.4, -0.2) is 26.9 Å². The minimum Gasteiger partial charge on any atom is -0.467 e. The van der Waals surface area contributed by atoms with Gasteiger partial charge >= 0.3 is 0 Å². The third-order valence-corrected chi connectivity index (χ3v) is 4.44. The molecule has 1 fully saturated rings. The van der Waals surface area contributed by atoms with Gasteiger partial charge in [0.05, 0.1) is 30.4 Å². The maximum atomic E-state index is 12.4. The summed E-state index contributed by atoms with van der Waals surface area (Å²) >= 11 is 0. The number of furan rings is 1. The van der Waals surface area contributed by atoms with Crippen LogP contribution in [0.15, 0.2) is 47.1 Å². The molecular formula is C19H17N3O2. The lowest BCUT2D eigenvalue weighted by molar-refractivity contribution is -0.128. The van der Waals surface area contributed by atoms with Gasteiger partial charge in [-0.2, -0.15) is 0 Å². The summed E-state index contributed by atoms with van der Waals surface area (Å²) in [4.78, 5) is 18.9. The van der Waals surface area contributed by atoms with Crippen molar-refractivity contribution >= 4 is 16.9 Å². The summed E-state index contributed by atoms with van der Waals surface area (Å²) < 4.78 is 7.40. The largest absolute Gasteiger partial charge is 0.467 e. The van der Waals surface area contributed by atoms with E-state index in [-0.39, 0.29) is 11.8 Å². The monoisotopic (exact) mass is 319 g/mol. The highest BCUT2D eigenvalue weighted by atomic mass is 16.3. The number of para-hydroxylation sites is 2. The molecule has 4 rings (SSSR count). The third-order valence-electron chi connectivity index (χ3n) is 4.44. The van der Waals surface area contributed by atoms with E-state index in [1.807, 2.05) is 45.9 Å². The Bertz CT molecular complexity index is 918. The highest BCUT2D eigenvalue weighted by Crippen LogP contribution is 2.31. The van der Waals surface area contributed by atoms with Crippen LogP contribution in [0.3, 0.4) is 0 Å². The van der Waals surface area contributed by atoms with Crippen LogP contribution >= 0.6 is 0 Å². The first-order chi connectivity index (χ1) is 11.8. The fourth-order valence-corrected chi connectivity index (χ4v) is 3.35. The van der Waals surface area contributed by atoms with Crippen molar-refractivity contribution < 1.29 is 9.21 Å². The molecule has 24 heavy (non-hydrogen) atoms. The van der Waals surface area contributed by atoms with E-state index in [4.69, 9.17) is 15.8 Å². The van der Waals surface area contributed by atoms with Gasteiger partial charge in [-0.3, -0.25) is 4.79 Å². The summed E-state index contributed by atoms with van der Waals surface area (Å²) in [7, 11) is 0. The topological polar surface area (TPSA) is 51.3 Å². The van der Waals surface area contributed by atoms with Crippen molar-refractivity contribution in [1.29, 1.82) is 0 Å². The Morgan fingerprint density at radius 2 is 2.17 bits per heavy atom. The Hall–Kier alpha value is -3.00. The van der Waals surface area contributed by atoms with Gasteiger partial charge in [0.2, 0.25) is 5.91 Å². The van der Waals surface area contributed by atoms with Crippen LogP contribution < -0.4 is 0 Å². The molecule has 0 N–H and O–H groups in total. The van der Waals surface area contributed by atoms with Gasteiger partial charge in [0.1, 0.15) is 11.6 Å². The van der Waals surface area contributed by atoms with Gasteiger partial charge in [-0.05, 0) is 24.3 Å². The van der Waals surface area contributed by atoms with Crippen molar-refractivity contribution in [3.63, 3.8) is 0 Å². The number of terminal acetylenes is 1. The smallest absolute Gasteiger partial charge is 0.223 e. The molecular weight excluding hydrogens is 302 g/mol. The minimum absolute atomic E-state index is 0.0493. The summed E-state index contributed by atoms with van der Waals surface area (Å²) in [6.07, 6.45) is 7.61. The minimum atomic E-state index is 0.0493. The maximum Gasteiger partial charge on any atom is 0.223 e. The van der Waals surface area contributed by atoms with Crippen LogP contribution in [0.25, 0.3) is 11.0 Å². The number of carbonyl (C=O) groups excluding carboxylic acids is 1. The second-order valence-electron chi connectivity index (χ2n) is 6.00. The molecule has 3 aromatic rings. The number of hydrogen-bond donors (Lipinski definition) is 0. The summed E-state index contributed by atoms with van der Waals surface area (Å²) in [5.41, 5.74) is 1.93. The fraction of sp³-hybridized carbons (Fsp3) is 0.263. The molecule has 3 heterocycles. The molecule has 0 saturated carbocycles. The molecule has 1 saturated heterocycles. The molecule has 0 bridgehead atoms. The molecule has 120 valence electrons. The van der Waals surface area contributed by atoms with Crippen molar-refractivity contribution in [1.82, 2.24) is 14.5 Å². The second kappa shape index (κ2) is 5.89. The van der Waals surface area contributed by atoms with E-state index in [1.54, 1.807) is 6.26 Å². The van der Waals surface area contributed by atoms with Crippen LogP contribution in [-0.2, 0) is 17.9 Å². The first-order valence-electron chi connectivity index (χ1n) is 7.95. The van der Waals surface area contributed by atoms with E-state index < -0.39 is 0 Å². The van der Waals surface area contributed by atoms with E-state index >= 15 is 0 Å². The van der Waals surface area contributed by atoms with Crippen LogP contribution in [0.4, 0.5) is 0 Å². The van der Waals surface area contributed by atoms with Gasteiger partial charge in [0, 0.05) is 18.9 Å². The first-order valence-corrected chi connectivity index (χ1v) is 7.95. The lowest BCUT2D eigenvalue weighted by Gasteiger charge is -2.15. The van der Waals surface area contributed by atoms with Crippen LogP contribution in [0.5, 0.6) is 0 Å². The zero-order valence-corrected chi connectivity index (χ0v) is 13.2. The number of aromatic nitrogens is 2. The zero-order valence-electron chi connectivity index (χ0n) is 13.2. The molecule has 5 nitrogen and oxygen atoms in total. The van der Waals surface area contributed by atoms with Gasteiger partial charge in [-0.1, -0.05) is 18.1 Å². The third kappa shape index (κ3) is 2.46. The Kier molecular flexibility index (Phi) is 3.58. The number of imidazole rings is 1. The number of rotatable bonds is 4. The Morgan fingerprint density at radius 1 is 1.29 bits per heavy atom. The predicted molar refractivity (Wildman–Crippen MR) is 90.0 cm³/mol. The van der Waals surface area contributed by atoms with E-state index in [0.717, 1.165) is 22.6 Å². The Morgan fingerprint density at radius 3 is 2.96 bits per heavy atom. The van der Waals surface area contributed by atoms with Crippen molar-refractivity contribution in [2.75, 3.05) is 6.54 Å². The Balaban J connectivity index is 1.64. The number of nitrogens with zero attached hydrogens (tertiary/aromatic N) is 3. The predicted octanol–water partition coefficient (Wildman–Crippen LogP) is 2.78. The molecule has 2 aromatic heterocycles. The van der Waals surface area contributed by atoms with E-state index in [9.17, 15) is 4.79 Å². The highest BCUT2D eigenvalue weighted by molar-refractivity contribution is 5.80. The number of amides is 1. The lowest BCUT2D eigenvalue weighted by Crippen LogP contribution is -2.24. The van der Waals surface area contributed by atoms with Crippen LogP contribution in [0.2, 0.25) is 0 Å². The van der Waals surface area contributed by atoms with Gasteiger partial charge in [-0.25, -0.2) is 4.98 Å². The van der Waals surface area contributed by atoms with Gasteiger partial charge < -0.3 is 13.9 Å². The SMILES string of the molecule is C#CCn1c(C2CC(=O)N(Cc3ccco3)C2)nc2ccccc21. The van der Waals surface area contributed by atoms with Crippen molar-refractivity contribution in [2.45, 2.75) is 25.4 Å². The zero-order chi connectivity index (χ0) is 16.5. The van der Waals surface area contributed by atoms with Gasteiger partial charge in [0.15, 0.2) is 0 Å². The molecule has 1 aliphatic heterocycles. The average Bonchev–Trinajstić information content (AvgIpc) is 3.29. The molecule has 1 atom stereocenters.